The van der Waals surface area contributed by atoms with Crippen LogP contribution in [-0.4, -0.2) is 71.0 Å². The van der Waals surface area contributed by atoms with Crippen LogP contribution in [0.25, 0.3) is 6.08 Å². The molecule has 6 heteroatoms. The van der Waals surface area contributed by atoms with Gasteiger partial charge in [-0.2, -0.15) is 0 Å². The number of fused-ring (bicyclic) bond motifs is 1. The van der Waals surface area contributed by atoms with Crippen LogP contribution in [0.3, 0.4) is 0 Å². The van der Waals surface area contributed by atoms with Crippen LogP contribution in [0.1, 0.15) is 41.6 Å². The minimum Gasteiger partial charge on any atom is -0.338 e. The molecule has 5 rings (SSSR count). The summed E-state index contributed by atoms with van der Waals surface area (Å²) in [7, 11) is 0. The van der Waals surface area contributed by atoms with Gasteiger partial charge in [0.1, 0.15) is 0 Å². The van der Waals surface area contributed by atoms with Gasteiger partial charge in [0.05, 0.1) is 5.69 Å². The molecule has 1 aromatic carbocycles. The molecule has 6 nitrogen and oxygen atoms in total. The molecule has 1 saturated heterocycles. The van der Waals surface area contributed by atoms with Crippen LogP contribution in [-0.2, 0) is 17.6 Å². The standard InChI is InChI=1S/C26H33N5O/c1-20-5-7-21(8-6-20)9-10-25(32)30-13-11-22-19-27-26(28-24(22)12-14-30)31-17-15-29(16-18-31)23-3-2-4-23/h5-10,19,23H,2-4,11-18H2,1H3. The summed E-state index contributed by atoms with van der Waals surface area (Å²) >= 11 is 0. The molecular formula is C26H33N5O. The normalized spacial score (nSPS) is 20.2. The lowest BCUT2D eigenvalue weighted by molar-refractivity contribution is -0.125. The Morgan fingerprint density at radius 3 is 2.47 bits per heavy atom. The van der Waals surface area contributed by atoms with Crippen LogP contribution in [0.5, 0.6) is 0 Å². The first-order valence-corrected chi connectivity index (χ1v) is 12.0. The second kappa shape index (κ2) is 9.41. The van der Waals surface area contributed by atoms with E-state index in [1.165, 1.54) is 30.4 Å². The molecule has 0 N–H and O–H groups in total. The average molecular weight is 432 g/mol. The van der Waals surface area contributed by atoms with Gasteiger partial charge in [0.15, 0.2) is 0 Å². The lowest BCUT2D eigenvalue weighted by Crippen LogP contribution is -2.52. The molecule has 168 valence electrons. The van der Waals surface area contributed by atoms with Gasteiger partial charge in [-0.05, 0) is 43.4 Å². The van der Waals surface area contributed by atoms with Gasteiger partial charge >= 0.3 is 0 Å². The summed E-state index contributed by atoms with van der Waals surface area (Å²) in [5, 5.41) is 0. The van der Waals surface area contributed by atoms with Crippen LogP contribution in [0.15, 0.2) is 36.5 Å². The van der Waals surface area contributed by atoms with Crippen molar-refractivity contribution < 1.29 is 4.79 Å². The Morgan fingerprint density at radius 2 is 1.75 bits per heavy atom. The molecule has 1 aliphatic carbocycles. The topological polar surface area (TPSA) is 52.6 Å². The van der Waals surface area contributed by atoms with Crippen LogP contribution < -0.4 is 4.90 Å². The third kappa shape index (κ3) is 4.70. The van der Waals surface area contributed by atoms with Crippen LogP contribution >= 0.6 is 0 Å². The zero-order valence-corrected chi connectivity index (χ0v) is 19.0. The predicted molar refractivity (Wildman–Crippen MR) is 128 cm³/mol. The number of amides is 1. The largest absolute Gasteiger partial charge is 0.338 e. The molecule has 0 atom stereocenters. The number of rotatable bonds is 4. The predicted octanol–water partition coefficient (Wildman–Crippen LogP) is 3.10. The summed E-state index contributed by atoms with van der Waals surface area (Å²) in [4.78, 5) is 29.3. The van der Waals surface area contributed by atoms with Crippen molar-refractivity contribution in [2.75, 3.05) is 44.2 Å². The Hall–Kier alpha value is -2.73. The number of hydrogen-bond acceptors (Lipinski definition) is 5. The summed E-state index contributed by atoms with van der Waals surface area (Å²) in [5.74, 6) is 0.926. The second-order valence-electron chi connectivity index (χ2n) is 9.32. The number of benzene rings is 1. The summed E-state index contributed by atoms with van der Waals surface area (Å²) in [6.07, 6.45) is 11.3. The van der Waals surface area contributed by atoms with Gasteiger partial charge < -0.3 is 9.80 Å². The van der Waals surface area contributed by atoms with Crippen LogP contribution in [0.2, 0.25) is 0 Å². The number of piperazine rings is 1. The maximum Gasteiger partial charge on any atom is 0.246 e. The lowest BCUT2D eigenvalue weighted by Gasteiger charge is -2.43. The molecule has 3 heterocycles. The maximum absolute atomic E-state index is 12.8. The molecule has 32 heavy (non-hydrogen) atoms. The molecule has 1 aromatic heterocycles. The number of nitrogens with zero attached hydrogens (tertiary/aromatic N) is 5. The Morgan fingerprint density at radius 1 is 1.00 bits per heavy atom. The van der Waals surface area contributed by atoms with Gasteiger partial charge in [0.2, 0.25) is 11.9 Å². The third-order valence-corrected chi connectivity index (χ3v) is 7.21. The SMILES string of the molecule is Cc1ccc(C=CC(=O)N2CCc3cnc(N4CCN(C5CCC5)CC4)nc3CC2)cc1. The summed E-state index contributed by atoms with van der Waals surface area (Å²) in [6.45, 7) is 7.72. The van der Waals surface area contributed by atoms with Crippen LogP contribution in [0.4, 0.5) is 5.95 Å². The number of anilines is 1. The third-order valence-electron chi connectivity index (χ3n) is 7.21. The molecule has 0 unspecified atom stereocenters. The molecule has 0 spiro atoms. The Kier molecular flexibility index (Phi) is 6.21. The van der Waals surface area contributed by atoms with E-state index < -0.39 is 0 Å². The van der Waals surface area contributed by atoms with Gasteiger partial charge in [-0.3, -0.25) is 9.69 Å². The maximum atomic E-state index is 12.8. The van der Waals surface area contributed by atoms with Crippen molar-refractivity contribution in [3.8, 4) is 0 Å². The smallest absolute Gasteiger partial charge is 0.246 e. The molecule has 0 radical (unpaired) electrons. The number of aryl methyl sites for hydroxylation is 1. The molecule has 3 aliphatic rings. The zero-order chi connectivity index (χ0) is 21.9. The molecule has 1 saturated carbocycles. The Balaban J connectivity index is 1.19. The summed E-state index contributed by atoms with van der Waals surface area (Å²) in [6, 6.07) is 9.03. The van der Waals surface area contributed by atoms with E-state index in [-0.39, 0.29) is 5.91 Å². The van der Waals surface area contributed by atoms with E-state index >= 15 is 0 Å². The molecule has 1 amide bonds. The van der Waals surface area contributed by atoms with E-state index in [9.17, 15) is 4.79 Å². The fraction of sp³-hybridized carbons (Fsp3) is 0.500. The highest BCUT2D eigenvalue weighted by molar-refractivity contribution is 5.91. The van der Waals surface area contributed by atoms with Crippen molar-refractivity contribution in [3.63, 3.8) is 0 Å². The first-order valence-electron chi connectivity index (χ1n) is 12.0. The first kappa shape index (κ1) is 21.1. The van der Waals surface area contributed by atoms with E-state index in [4.69, 9.17) is 9.97 Å². The number of carbonyl (C=O) groups excluding carboxylic acids is 1. The summed E-state index contributed by atoms with van der Waals surface area (Å²) in [5.41, 5.74) is 4.56. The minimum absolute atomic E-state index is 0.0682. The van der Waals surface area contributed by atoms with E-state index in [1.54, 1.807) is 6.08 Å². The van der Waals surface area contributed by atoms with E-state index in [2.05, 4.69) is 28.9 Å². The van der Waals surface area contributed by atoms with Crippen molar-refractivity contribution in [2.45, 2.75) is 45.1 Å². The fourth-order valence-corrected chi connectivity index (χ4v) is 4.83. The van der Waals surface area contributed by atoms with Crippen molar-refractivity contribution in [1.29, 1.82) is 0 Å². The highest BCUT2D eigenvalue weighted by atomic mass is 16.2. The summed E-state index contributed by atoms with van der Waals surface area (Å²) < 4.78 is 0. The minimum atomic E-state index is 0.0682. The van der Waals surface area contributed by atoms with Gasteiger partial charge in [0, 0.05) is 64.0 Å². The monoisotopic (exact) mass is 431 g/mol. The van der Waals surface area contributed by atoms with Gasteiger partial charge in [-0.25, -0.2) is 9.97 Å². The first-order chi connectivity index (χ1) is 15.7. The lowest BCUT2D eigenvalue weighted by atomic mass is 9.91. The van der Waals surface area contributed by atoms with Crippen LogP contribution in [0, 0.1) is 6.92 Å². The van der Waals surface area contributed by atoms with E-state index in [0.717, 1.165) is 62.3 Å². The quantitative estimate of drug-likeness (QED) is 0.697. The zero-order valence-electron chi connectivity index (χ0n) is 19.0. The number of aromatic nitrogens is 2. The van der Waals surface area contributed by atoms with Gasteiger partial charge in [0.25, 0.3) is 0 Å². The number of hydrogen-bond donors (Lipinski definition) is 0. The fourth-order valence-electron chi connectivity index (χ4n) is 4.83. The van der Waals surface area contributed by atoms with Gasteiger partial charge in [-0.1, -0.05) is 36.2 Å². The molecule has 0 bridgehead atoms. The van der Waals surface area contributed by atoms with Crippen molar-refractivity contribution in [3.05, 3.63) is 58.9 Å². The van der Waals surface area contributed by atoms with Crippen molar-refractivity contribution in [2.24, 2.45) is 0 Å². The molecule has 2 aliphatic heterocycles. The van der Waals surface area contributed by atoms with Gasteiger partial charge in [-0.15, -0.1) is 0 Å². The Bertz CT molecular complexity index is 974. The number of carbonyl (C=O) groups is 1. The second-order valence-corrected chi connectivity index (χ2v) is 9.32. The highest BCUT2D eigenvalue weighted by Crippen LogP contribution is 2.26. The average Bonchev–Trinajstić information content (AvgIpc) is 3.00. The molecule has 2 aromatic rings. The Labute approximate surface area is 191 Å². The van der Waals surface area contributed by atoms with Crippen molar-refractivity contribution in [1.82, 2.24) is 19.8 Å². The molecule has 2 fully saturated rings. The molecular weight excluding hydrogens is 398 g/mol. The highest BCUT2D eigenvalue weighted by Gasteiger charge is 2.29. The van der Waals surface area contributed by atoms with E-state index in [1.807, 2.05) is 29.3 Å². The van der Waals surface area contributed by atoms with Crippen molar-refractivity contribution >= 4 is 17.9 Å². The van der Waals surface area contributed by atoms with E-state index in [0.29, 0.717) is 13.1 Å².